The molecule has 2 bridgehead atoms. The average molecular weight is 376 g/mol. The van der Waals surface area contributed by atoms with Crippen LogP contribution in [0.1, 0.15) is 50.5 Å². The Morgan fingerprint density at radius 1 is 1.21 bits per heavy atom. The number of pyridine rings is 1. The Morgan fingerprint density at radius 3 is 2.79 bits per heavy atom. The minimum Gasteiger partial charge on any atom is -0.346 e. The second kappa shape index (κ2) is 5.93. The summed E-state index contributed by atoms with van der Waals surface area (Å²) in [4.78, 5) is 36.3. The Kier molecular flexibility index (Phi) is 3.46. The SMILES string of the molecule is O=CN(c1cc(C2=CC3CCC(C2)N3C(=O)C2CC2)c2cc[nH]c2n1)C1CC1. The number of anilines is 1. The number of H-pyrrole nitrogens is 1. The van der Waals surface area contributed by atoms with Crippen molar-refractivity contribution in [2.75, 3.05) is 4.90 Å². The zero-order valence-electron chi connectivity index (χ0n) is 15.8. The fourth-order valence-electron chi connectivity index (χ4n) is 5.02. The lowest BCUT2D eigenvalue weighted by molar-refractivity contribution is -0.134. The van der Waals surface area contributed by atoms with Crippen LogP contribution < -0.4 is 4.90 Å². The zero-order chi connectivity index (χ0) is 18.8. The van der Waals surface area contributed by atoms with Gasteiger partial charge in [0.15, 0.2) is 0 Å². The molecule has 4 aliphatic rings. The van der Waals surface area contributed by atoms with Gasteiger partial charge < -0.3 is 9.88 Å². The van der Waals surface area contributed by atoms with Gasteiger partial charge in [-0.15, -0.1) is 0 Å². The number of hydrogen-bond acceptors (Lipinski definition) is 3. The maximum absolute atomic E-state index is 12.7. The van der Waals surface area contributed by atoms with E-state index in [0.717, 1.165) is 73.8 Å². The van der Waals surface area contributed by atoms with E-state index in [2.05, 4.69) is 28.1 Å². The van der Waals surface area contributed by atoms with Crippen molar-refractivity contribution in [2.24, 2.45) is 5.92 Å². The van der Waals surface area contributed by atoms with Gasteiger partial charge >= 0.3 is 0 Å². The van der Waals surface area contributed by atoms with Crippen LogP contribution in [0.5, 0.6) is 0 Å². The number of amides is 2. The summed E-state index contributed by atoms with van der Waals surface area (Å²) in [6.07, 6.45) is 12.4. The van der Waals surface area contributed by atoms with E-state index < -0.39 is 0 Å². The molecule has 2 aliphatic carbocycles. The van der Waals surface area contributed by atoms with Crippen molar-refractivity contribution in [1.82, 2.24) is 14.9 Å². The van der Waals surface area contributed by atoms with Gasteiger partial charge in [-0.3, -0.25) is 14.5 Å². The topological polar surface area (TPSA) is 69.3 Å². The summed E-state index contributed by atoms with van der Waals surface area (Å²) in [5.41, 5.74) is 3.27. The molecule has 6 nitrogen and oxygen atoms in total. The van der Waals surface area contributed by atoms with Crippen LogP contribution in [0.4, 0.5) is 5.82 Å². The number of aromatic nitrogens is 2. The summed E-state index contributed by atoms with van der Waals surface area (Å²) < 4.78 is 0. The number of rotatable bonds is 5. The van der Waals surface area contributed by atoms with Gasteiger partial charge in [-0.25, -0.2) is 4.98 Å². The fraction of sp³-hybridized carbons (Fsp3) is 0.500. The first-order valence-corrected chi connectivity index (χ1v) is 10.5. The third-order valence-electron chi connectivity index (χ3n) is 6.76. The van der Waals surface area contributed by atoms with Crippen LogP contribution in [-0.2, 0) is 9.59 Å². The van der Waals surface area contributed by atoms with Gasteiger partial charge in [-0.1, -0.05) is 6.08 Å². The zero-order valence-corrected chi connectivity index (χ0v) is 15.8. The Balaban J connectivity index is 1.41. The highest BCUT2D eigenvalue weighted by atomic mass is 16.2. The normalized spacial score (nSPS) is 26.4. The molecule has 28 heavy (non-hydrogen) atoms. The summed E-state index contributed by atoms with van der Waals surface area (Å²) in [6.45, 7) is 0. The average Bonchev–Trinajstić information content (AvgIpc) is 3.62. The Bertz CT molecular complexity index is 1000. The lowest BCUT2D eigenvalue weighted by Gasteiger charge is -2.34. The standard InChI is InChI=1S/C22H24N4O2/c27-12-25(15-3-4-15)20-11-19(18-7-8-23-21(18)24-20)14-9-16-5-6-17(10-14)26(16)22(28)13-1-2-13/h7-9,11-13,15-17H,1-6,10H2,(H,23,24). The molecule has 2 aliphatic heterocycles. The number of aromatic amines is 1. The monoisotopic (exact) mass is 376 g/mol. The van der Waals surface area contributed by atoms with Crippen molar-refractivity contribution in [3.8, 4) is 0 Å². The van der Waals surface area contributed by atoms with E-state index in [1.54, 1.807) is 4.90 Å². The van der Waals surface area contributed by atoms with Crippen molar-refractivity contribution < 1.29 is 9.59 Å². The van der Waals surface area contributed by atoms with Gasteiger partial charge in [0.05, 0.1) is 6.04 Å². The smallest absolute Gasteiger partial charge is 0.226 e. The van der Waals surface area contributed by atoms with Gasteiger partial charge in [0.1, 0.15) is 11.5 Å². The van der Waals surface area contributed by atoms with E-state index >= 15 is 0 Å². The van der Waals surface area contributed by atoms with Crippen LogP contribution >= 0.6 is 0 Å². The minimum absolute atomic E-state index is 0.220. The van der Waals surface area contributed by atoms with Gasteiger partial charge in [-0.2, -0.15) is 0 Å². The molecule has 144 valence electrons. The number of nitrogens with zero attached hydrogens (tertiary/aromatic N) is 3. The third-order valence-corrected chi connectivity index (χ3v) is 6.76. The van der Waals surface area contributed by atoms with E-state index in [1.165, 1.54) is 5.57 Å². The summed E-state index contributed by atoms with van der Waals surface area (Å²) in [6, 6.07) is 4.96. The van der Waals surface area contributed by atoms with Gasteiger partial charge in [0.25, 0.3) is 0 Å². The largest absolute Gasteiger partial charge is 0.346 e. The fourth-order valence-corrected chi connectivity index (χ4v) is 5.02. The van der Waals surface area contributed by atoms with Gasteiger partial charge in [0.2, 0.25) is 12.3 Å². The van der Waals surface area contributed by atoms with E-state index in [0.29, 0.717) is 11.9 Å². The first-order valence-electron chi connectivity index (χ1n) is 10.5. The Morgan fingerprint density at radius 2 is 2.07 bits per heavy atom. The summed E-state index contributed by atoms with van der Waals surface area (Å²) in [7, 11) is 0. The summed E-state index contributed by atoms with van der Waals surface area (Å²) >= 11 is 0. The van der Waals surface area contributed by atoms with Gasteiger partial charge in [-0.05, 0) is 68.2 Å². The molecular formula is C22H24N4O2. The molecule has 6 rings (SSSR count). The first-order chi connectivity index (χ1) is 13.7. The highest BCUT2D eigenvalue weighted by Crippen LogP contribution is 2.44. The molecule has 2 amide bonds. The summed E-state index contributed by atoms with van der Waals surface area (Å²) in [5.74, 6) is 1.37. The van der Waals surface area contributed by atoms with Crippen LogP contribution in [0.2, 0.25) is 0 Å². The summed E-state index contributed by atoms with van der Waals surface area (Å²) in [5, 5.41) is 1.10. The molecule has 1 saturated heterocycles. The van der Waals surface area contributed by atoms with Crippen LogP contribution in [0.3, 0.4) is 0 Å². The Labute approximate surface area is 163 Å². The maximum Gasteiger partial charge on any atom is 0.226 e. The first kappa shape index (κ1) is 16.3. The lowest BCUT2D eigenvalue weighted by atomic mass is 9.93. The van der Waals surface area contributed by atoms with Crippen molar-refractivity contribution in [1.29, 1.82) is 0 Å². The second-order valence-corrected chi connectivity index (χ2v) is 8.73. The number of carbonyl (C=O) groups is 2. The van der Waals surface area contributed by atoms with Gasteiger partial charge in [0, 0.05) is 29.6 Å². The molecule has 0 aromatic carbocycles. The molecule has 2 unspecified atom stereocenters. The number of fused-ring (bicyclic) bond motifs is 3. The number of carbonyl (C=O) groups excluding carboxylic acids is 2. The molecule has 4 heterocycles. The molecule has 6 heteroatoms. The highest BCUT2D eigenvalue weighted by molar-refractivity contribution is 5.94. The van der Waals surface area contributed by atoms with Crippen molar-refractivity contribution in [3.05, 3.63) is 30.0 Å². The molecule has 3 fully saturated rings. The molecular weight excluding hydrogens is 352 g/mol. The second-order valence-electron chi connectivity index (χ2n) is 8.73. The Hall–Kier alpha value is -2.63. The van der Waals surface area contributed by atoms with Crippen LogP contribution in [-0.4, -0.2) is 45.3 Å². The quantitative estimate of drug-likeness (QED) is 0.815. The molecule has 2 saturated carbocycles. The van der Waals surface area contributed by atoms with Crippen LogP contribution in [0.25, 0.3) is 16.6 Å². The molecule has 2 aromatic rings. The lowest BCUT2D eigenvalue weighted by Crippen LogP contribution is -2.43. The van der Waals surface area contributed by atoms with E-state index in [9.17, 15) is 9.59 Å². The van der Waals surface area contributed by atoms with Crippen molar-refractivity contribution in [2.45, 2.75) is 63.1 Å². The maximum atomic E-state index is 12.7. The molecule has 0 radical (unpaired) electrons. The number of nitrogens with one attached hydrogen (secondary N) is 1. The minimum atomic E-state index is 0.220. The molecule has 2 aromatic heterocycles. The predicted octanol–water partition coefficient (Wildman–Crippen LogP) is 3.24. The van der Waals surface area contributed by atoms with E-state index in [1.807, 2.05) is 6.20 Å². The van der Waals surface area contributed by atoms with E-state index in [-0.39, 0.29) is 18.0 Å². The van der Waals surface area contributed by atoms with Crippen LogP contribution in [0.15, 0.2) is 24.4 Å². The van der Waals surface area contributed by atoms with E-state index in [4.69, 9.17) is 4.98 Å². The molecule has 1 N–H and O–H groups in total. The number of hydrogen-bond donors (Lipinski definition) is 1. The highest BCUT2D eigenvalue weighted by Gasteiger charge is 2.44. The molecule has 2 atom stereocenters. The van der Waals surface area contributed by atoms with Crippen LogP contribution in [0, 0.1) is 5.92 Å². The van der Waals surface area contributed by atoms with Crippen molar-refractivity contribution in [3.63, 3.8) is 0 Å². The molecule has 0 spiro atoms. The predicted molar refractivity (Wildman–Crippen MR) is 107 cm³/mol. The van der Waals surface area contributed by atoms with Crippen molar-refractivity contribution >= 4 is 34.7 Å². The third kappa shape index (κ3) is 2.50.